The van der Waals surface area contributed by atoms with Crippen LogP contribution in [0.4, 0.5) is 5.00 Å². The Hall–Kier alpha value is -2.67. The Labute approximate surface area is 130 Å². The number of hydrogen-bond acceptors (Lipinski definition) is 5. The van der Waals surface area contributed by atoms with E-state index in [2.05, 4.69) is 5.32 Å². The van der Waals surface area contributed by atoms with Gasteiger partial charge in [-0.1, -0.05) is 23.5 Å². The summed E-state index contributed by atoms with van der Waals surface area (Å²) in [5.74, 6) is -0.0457. The van der Waals surface area contributed by atoms with Gasteiger partial charge in [-0.05, 0) is 36.3 Å². The molecule has 2 aromatic rings. The summed E-state index contributed by atoms with van der Waals surface area (Å²) in [5, 5.41) is 22.5. The Morgan fingerprint density at radius 3 is 2.64 bits per heavy atom. The maximum atomic E-state index is 11.6. The lowest BCUT2D eigenvalue weighted by atomic mass is 10.1. The molecule has 1 aromatic heterocycles. The molecule has 7 heteroatoms. The number of phenols is 1. The third-order valence-electron chi connectivity index (χ3n) is 2.84. The number of hydrogen-bond donors (Lipinski definition) is 2. The lowest BCUT2D eigenvalue weighted by Crippen LogP contribution is -2.23. The number of carbonyl (C=O) groups is 1. The van der Waals surface area contributed by atoms with Crippen LogP contribution in [0.1, 0.15) is 10.4 Å². The van der Waals surface area contributed by atoms with Gasteiger partial charge in [0, 0.05) is 23.6 Å². The van der Waals surface area contributed by atoms with Crippen molar-refractivity contribution in [2.45, 2.75) is 6.42 Å². The summed E-state index contributed by atoms with van der Waals surface area (Å²) in [4.78, 5) is 22.4. The van der Waals surface area contributed by atoms with Gasteiger partial charge in [-0.25, -0.2) is 0 Å². The van der Waals surface area contributed by atoms with E-state index in [1.54, 1.807) is 36.4 Å². The number of benzene rings is 1. The highest BCUT2D eigenvalue weighted by Crippen LogP contribution is 2.24. The number of thiophene rings is 1. The molecule has 0 saturated heterocycles. The van der Waals surface area contributed by atoms with Crippen molar-refractivity contribution in [3.8, 4) is 5.75 Å². The highest BCUT2D eigenvalue weighted by molar-refractivity contribution is 7.16. The van der Waals surface area contributed by atoms with E-state index in [0.29, 0.717) is 17.8 Å². The molecular formula is C15H14N2O4S. The summed E-state index contributed by atoms with van der Waals surface area (Å²) >= 11 is 1.02. The monoisotopic (exact) mass is 318 g/mol. The largest absolute Gasteiger partial charge is 0.508 e. The summed E-state index contributed by atoms with van der Waals surface area (Å²) in [6, 6.07) is 9.79. The molecule has 1 amide bonds. The lowest BCUT2D eigenvalue weighted by Gasteiger charge is -2.02. The number of phenolic OH excluding ortho intramolecular Hbond substituents is 1. The molecule has 2 rings (SSSR count). The van der Waals surface area contributed by atoms with E-state index >= 15 is 0 Å². The predicted octanol–water partition coefficient (Wildman–Crippen LogP) is 2.73. The number of nitro groups is 1. The topological polar surface area (TPSA) is 92.5 Å². The molecule has 0 unspecified atom stereocenters. The van der Waals surface area contributed by atoms with Crippen LogP contribution in [0.5, 0.6) is 5.75 Å². The Balaban J connectivity index is 1.78. The SMILES string of the molecule is O=C(/C=C/c1ccc([N+](=O)[O-])s1)NCCc1ccc(O)cc1. The second-order valence-electron chi connectivity index (χ2n) is 4.47. The average Bonchev–Trinajstić information content (AvgIpc) is 2.96. The van der Waals surface area contributed by atoms with E-state index in [-0.39, 0.29) is 16.7 Å². The molecule has 1 heterocycles. The normalized spacial score (nSPS) is 10.7. The fourth-order valence-electron chi connectivity index (χ4n) is 1.74. The number of aromatic hydroxyl groups is 1. The molecule has 0 bridgehead atoms. The smallest absolute Gasteiger partial charge is 0.324 e. The van der Waals surface area contributed by atoms with E-state index in [4.69, 9.17) is 5.11 Å². The van der Waals surface area contributed by atoms with E-state index < -0.39 is 4.92 Å². The van der Waals surface area contributed by atoms with Crippen LogP contribution in [0.15, 0.2) is 42.5 Å². The molecular weight excluding hydrogens is 304 g/mol. The Bertz CT molecular complexity index is 692. The summed E-state index contributed by atoms with van der Waals surface area (Å²) in [6.07, 6.45) is 3.56. The van der Waals surface area contributed by atoms with Crippen molar-refractivity contribution in [2.24, 2.45) is 0 Å². The summed E-state index contributed by atoms with van der Waals surface area (Å²) in [6.45, 7) is 0.471. The highest BCUT2D eigenvalue weighted by atomic mass is 32.1. The Morgan fingerprint density at radius 1 is 1.27 bits per heavy atom. The molecule has 0 fully saturated rings. The van der Waals surface area contributed by atoms with Gasteiger partial charge >= 0.3 is 5.00 Å². The quantitative estimate of drug-likeness (QED) is 0.486. The first kappa shape index (κ1) is 15.7. The standard InChI is InChI=1S/C15H14N2O4S/c18-12-3-1-11(2-4-12)9-10-16-14(19)7-5-13-6-8-15(22-13)17(20)21/h1-8,18H,9-10H2,(H,16,19)/b7-5+. The van der Waals surface area contributed by atoms with Crippen LogP contribution in [0.25, 0.3) is 6.08 Å². The molecule has 114 valence electrons. The molecule has 0 atom stereocenters. The highest BCUT2D eigenvalue weighted by Gasteiger charge is 2.07. The molecule has 0 aliphatic carbocycles. The lowest BCUT2D eigenvalue weighted by molar-refractivity contribution is -0.380. The van der Waals surface area contributed by atoms with Crippen LogP contribution in [0.3, 0.4) is 0 Å². The summed E-state index contributed by atoms with van der Waals surface area (Å²) in [7, 11) is 0. The average molecular weight is 318 g/mol. The van der Waals surface area contributed by atoms with Crippen LogP contribution < -0.4 is 5.32 Å². The molecule has 0 saturated carbocycles. The van der Waals surface area contributed by atoms with E-state index in [9.17, 15) is 14.9 Å². The van der Waals surface area contributed by atoms with Gasteiger partial charge in [0.05, 0.1) is 4.92 Å². The molecule has 0 aliphatic heterocycles. The third-order valence-corrected chi connectivity index (χ3v) is 3.84. The number of nitrogens with zero attached hydrogens (tertiary/aromatic N) is 1. The van der Waals surface area contributed by atoms with Gasteiger partial charge in [-0.15, -0.1) is 0 Å². The van der Waals surface area contributed by atoms with Crippen LogP contribution >= 0.6 is 11.3 Å². The van der Waals surface area contributed by atoms with Gasteiger partial charge in [-0.2, -0.15) is 0 Å². The first-order valence-electron chi connectivity index (χ1n) is 6.52. The van der Waals surface area contributed by atoms with E-state index in [1.807, 2.05) is 0 Å². The van der Waals surface area contributed by atoms with Gasteiger partial charge in [-0.3, -0.25) is 14.9 Å². The molecule has 0 radical (unpaired) electrons. The van der Waals surface area contributed by atoms with Crippen LogP contribution in [-0.4, -0.2) is 22.5 Å². The predicted molar refractivity (Wildman–Crippen MR) is 84.8 cm³/mol. The van der Waals surface area contributed by atoms with Crippen molar-refractivity contribution in [2.75, 3.05) is 6.54 Å². The molecule has 22 heavy (non-hydrogen) atoms. The zero-order chi connectivity index (χ0) is 15.9. The second kappa shape index (κ2) is 7.37. The van der Waals surface area contributed by atoms with Gasteiger partial charge in [0.15, 0.2) is 0 Å². The minimum atomic E-state index is -0.459. The van der Waals surface area contributed by atoms with Crippen molar-refractivity contribution in [3.63, 3.8) is 0 Å². The van der Waals surface area contributed by atoms with Gasteiger partial charge < -0.3 is 10.4 Å². The van der Waals surface area contributed by atoms with Crippen LogP contribution in [-0.2, 0) is 11.2 Å². The minimum absolute atomic E-state index is 0.0485. The van der Waals surface area contributed by atoms with Crippen LogP contribution in [0, 0.1) is 10.1 Å². The zero-order valence-corrected chi connectivity index (χ0v) is 12.4. The van der Waals surface area contributed by atoms with Crippen LogP contribution in [0.2, 0.25) is 0 Å². The van der Waals surface area contributed by atoms with E-state index in [1.165, 1.54) is 12.1 Å². The molecule has 2 N–H and O–H groups in total. The first-order valence-corrected chi connectivity index (χ1v) is 7.34. The third kappa shape index (κ3) is 4.71. The van der Waals surface area contributed by atoms with Crippen molar-refractivity contribution >= 4 is 28.3 Å². The molecule has 0 aliphatic rings. The Morgan fingerprint density at radius 2 is 2.00 bits per heavy atom. The fourth-order valence-corrected chi connectivity index (χ4v) is 2.46. The Kier molecular flexibility index (Phi) is 5.26. The maximum absolute atomic E-state index is 11.6. The van der Waals surface area contributed by atoms with E-state index in [0.717, 1.165) is 16.9 Å². The zero-order valence-electron chi connectivity index (χ0n) is 11.6. The second-order valence-corrected chi connectivity index (χ2v) is 5.57. The fraction of sp³-hybridized carbons (Fsp3) is 0.133. The number of amides is 1. The van der Waals surface area contributed by atoms with Gasteiger partial charge in [0.1, 0.15) is 5.75 Å². The number of nitrogens with one attached hydrogen (secondary N) is 1. The number of carbonyl (C=O) groups excluding carboxylic acids is 1. The van der Waals surface area contributed by atoms with Gasteiger partial charge in [0.2, 0.25) is 5.91 Å². The first-order chi connectivity index (χ1) is 10.5. The molecule has 6 nitrogen and oxygen atoms in total. The summed E-state index contributed by atoms with van der Waals surface area (Å²) < 4.78 is 0. The molecule has 1 aromatic carbocycles. The molecule has 0 spiro atoms. The minimum Gasteiger partial charge on any atom is -0.508 e. The van der Waals surface area contributed by atoms with Crippen molar-refractivity contribution in [3.05, 3.63) is 63.0 Å². The van der Waals surface area contributed by atoms with Crippen molar-refractivity contribution in [1.82, 2.24) is 5.32 Å². The maximum Gasteiger partial charge on any atom is 0.324 e. The van der Waals surface area contributed by atoms with Crippen molar-refractivity contribution < 1.29 is 14.8 Å². The van der Waals surface area contributed by atoms with Gasteiger partial charge in [0.25, 0.3) is 0 Å². The summed E-state index contributed by atoms with van der Waals surface area (Å²) in [5.41, 5.74) is 1.01. The number of rotatable bonds is 6. The van der Waals surface area contributed by atoms with Crippen molar-refractivity contribution in [1.29, 1.82) is 0 Å².